The number of methoxy groups -OCH3 is 1. The first-order chi connectivity index (χ1) is 20.6. The molecule has 1 amide bonds. The second-order valence-electron chi connectivity index (χ2n) is 11.1. The maximum absolute atomic E-state index is 13.4. The minimum absolute atomic E-state index is 0.0589. The van der Waals surface area contributed by atoms with Gasteiger partial charge in [-0.3, -0.25) is 4.79 Å². The fourth-order valence-corrected chi connectivity index (χ4v) is 6.97. The van der Waals surface area contributed by atoms with Crippen LogP contribution in [0, 0.1) is 11.7 Å². The van der Waals surface area contributed by atoms with Gasteiger partial charge in [-0.25, -0.2) is 17.5 Å². The van der Waals surface area contributed by atoms with Gasteiger partial charge < -0.3 is 19.4 Å². The van der Waals surface area contributed by atoms with Crippen molar-refractivity contribution in [3.05, 3.63) is 84.2 Å². The van der Waals surface area contributed by atoms with Gasteiger partial charge in [-0.05, 0) is 98.3 Å². The summed E-state index contributed by atoms with van der Waals surface area (Å²) in [4.78, 5) is 13.1. The topological polar surface area (TPSA) is 98.7 Å². The van der Waals surface area contributed by atoms with Crippen LogP contribution in [0.2, 0.25) is 0 Å². The maximum Gasteiger partial charge on any atom is 0.240 e. The number of carbonyl (C=O) groups excluding carboxylic acids is 1. The van der Waals surface area contributed by atoms with Gasteiger partial charge in [0.1, 0.15) is 18.2 Å². The highest BCUT2D eigenvalue weighted by Gasteiger charge is 2.30. The zero-order valence-electron chi connectivity index (χ0n) is 24.7. The highest BCUT2D eigenvalue weighted by atomic mass is 32.2. The Bertz CT molecular complexity index is 1660. The number of rotatable bonds is 11. The van der Waals surface area contributed by atoms with Gasteiger partial charge in [-0.1, -0.05) is 18.2 Å². The molecule has 1 fully saturated rings. The van der Waals surface area contributed by atoms with Gasteiger partial charge in [0.2, 0.25) is 15.9 Å². The van der Waals surface area contributed by atoms with Crippen molar-refractivity contribution in [3.63, 3.8) is 0 Å². The second-order valence-corrected chi connectivity index (χ2v) is 12.8. The van der Waals surface area contributed by atoms with Crippen molar-refractivity contribution in [3.8, 4) is 17.0 Å². The van der Waals surface area contributed by atoms with E-state index in [1.165, 1.54) is 12.1 Å². The standard InChI is InChI=1S/C33H38FN3O5S/c1-22(23-4-11-27(34)12-5-23)35-33(38)25-6-13-28(14-7-25)36-43(39,40)30-17-10-26-20-31(37(2)32(26)21-30)24-8-15-29(16-9-24)42-19-18-41-3/h4-5,8-12,15-17,20-22,25,28,36H,6-7,13-14,18-19H2,1-3H3,(H,35,38)/t22-,25-,28-/m1/s1. The Labute approximate surface area is 252 Å². The van der Waals surface area contributed by atoms with Gasteiger partial charge in [0, 0.05) is 42.7 Å². The Balaban J connectivity index is 1.20. The van der Waals surface area contributed by atoms with Crippen LogP contribution in [0.5, 0.6) is 5.75 Å². The van der Waals surface area contributed by atoms with Crippen molar-refractivity contribution in [1.29, 1.82) is 0 Å². The number of sulfonamides is 1. The predicted molar refractivity (Wildman–Crippen MR) is 165 cm³/mol. The molecule has 0 bridgehead atoms. The third kappa shape index (κ3) is 7.26. The van der Waals surface area contributed by atoms with E-state index < -0.39 is 10.0 Å². The van der Waals surface area contributed by atoms with Gasteiger partial charge in [-0.2, -0.15) is 0 Å². The largest absolute Gasteiger partial charge is 0.491 e. The summed E-state index contributed by atoms with van der Waals surface area (Å²) >= 11 is 0. The molecule has 0 spiro atoms. The van der Waals surface area contributed by atoms with Crippen molar-refractivity contribution in [1.82, 2.24) is 14.6 Å². The molecule has 43 heavy (non-hydrogen) atoms. The first-order valence-electron chi connectivity index (χ1n) is 14.5. The van der Waals surface area contributed by atoms with Gasteiger partial charge in [0.05, 0.1) is 17.5 Å². The van der Waals surface area contributed by atoms with Crippen molar-refractivity contribution >= 4 is 26.8 Å². The molecule has 2 N–H and O–H groups in total. The van der Waals surface area contributed by atoms with E-state index in [1.54, 1.807) is 31.4 Å². The summed E-state index contributed by atoms with van der Waals surface area (Å²) in [7, 11) is -0.201. The van der Waals surface area contributed by atoms with Crippen molar-refractivity contribution in [2.45, 2.75) is 49.6 Å². The summed E-state index contributed by atoms with van der Waals surface area (Å²) in [5.41, 5.74) is 3.60. The van der Waals surface area contributed by atoms with Gasteiger partial charge in [0.15, 0.2) is 0 Å². The first-order valence-corrected chi connectivity index (χ1v) is 16.0. The minimum atomic E-state index is -3.76. The minimum Gasteiger partial charge on any atom is -0.491 e. The average molecular weight is 608 g/mol. The van der Waals surface area contributed by atoms with E-state index in [-0.39, 0.29) is 34.6 Å². The molecule has 4 aromatic rings. The van der Waals surface area contributed by atoms with Crippen LogP contribution in [0.25, 0.3) is 22.2 Å². The van der Waals surface area contributed by atoms with Crippen molar-refractivity contribution in [2.24, 2.45) is 13.0 Å². The van der Waals surface area contributed by atoms with Crippen LogP contribution in [0.4, 0.5) is 4.39 Å². The summed E-state index contributed by atoms with van der Waals surface area (Å²) in [6.07, 6.45) is 2.32. The van der Waals surface area contributed by atoms with Crippen LogP contribution in [0.15, 0.2) is 77.7 Å². The lowest BCUT2D eigenvalue weighted by Crippen LogP contribution is -2.41. The number of hydrogen-bond donors (Lipinski definition) is 2. The number of benzene rings is 3. The van der Waals surface area contributed by atoms with E-state index in [1.807, 2.05) is 54.9 Å². The molecule has 5 rings (SSSR count). The van der Waals surface area contributed by atoms with Crippen LogP contribution in [-0.2, 0) is 26.6 Å². The number of amides is 1. The van der Waals surface area contributed by atoms with E-state index >= 15 is 0 Å². The molecule has 0 aliphatic heterocycles. The third-order valence-corrected chi connectivity index (χ3v) is 9.70. The summed E-state index contributed by atoms with van der Waals surface area (Å²) in [6, 6.07) is 20.6. The van der Waals surface area contributed by atoms with E-state index in [9.17, 15) is 17.6 Å². The molecule has 1 aliphatic rings. The maximum atomic E-state index is 13.4. The van der Waals surface area contributed by atoms with Crippen LogP contribution >= 0.6 is 0 Å². The number of halogens is 1. The number of fused-ring (bicyclic) bond motifs is 1. The lowest BCUT2D eigenvalue weighted by molar-refractivity contribution is -0.126. The Kier molecular flexibility index (Phi) is 9.49. The zero-order valence-corrected chi connectivity index (χ0v) is 25.5. The molecule has 8 nitrogen and oxygen atoms in total. The van der Waals surface area contributed by atoms with Crippen LogP contribution < -0.4 is 14.8 Å². The van der Waals surface area contributed by atoms with E-state index in [0.717, 1.165) is 33.5 Å². The number of hydrogen-bond acceptors (Lipinski definition) is 5. The van der Waals surface area contributed by atoms with Gasteiger partial charge >= 0.3 is 0 Å². The molecule has 1 atom stereocenters. The number of nitrogens with zero attached hydrogens (tertiary/aromatic N) is 1. The number of ether oxygens (including phenoxy) is 2. The Hall–Kier alpha value is -3.73. The lowest BCUT2D eigenvalue weighted by Gasteiger charge is -2.29. The molecule has 1 aliphatic carbocycles. The molecule has 0 unspecified atom stereocenters. The number of aryl methyl sites for hydroxylation is 1. The summed E-state index contributed by atoms with van der Waals surface area (Å²) in [5, 5.41) is 3.95. The summed E-state index contributed by atoms with van der Waals surface area (Å²) < 4.78 is 55.5. The Morgan fingerprint density at radius 3 is 2.35 bits per heavy atom. The van der Waals surface area contributed by atoms with Gasteiger partial charge in [-0.15, -0.1) is 0 Å². The predicted octanol–water partition coefficient (Wildman–Crippen LogP) is 5.72. The molecule has 0 radical (unpaired) electrons. The normalized spacial score (nSPS) is 18.0. The molecule has 3 aromatic carbocycles. The Morgan fingerprint density at radius 1 is 0.977 bits per heavy atom. The Morgan fingerprint density at radius 2 is 1.67 bits per heavy atom. The van der Waals surface area contributed by atoms with Gasteiger partial charge in [0.25, 0.3) is 0 Å². The monoisotopic (exact) mass is 607 g/mol. The highest BCUT2D eigenvalue weighted by molar-refractivity contribution is 7.89. The number of carbonyl (C=O) groups is 1. The molecular formula is C33H38FN3O5S. The lowest BCUT2D eigenvalue weighted by atomic mass is 9.85. The van der Waals surface area contributed by atoms with Crippen LogP contribution in [0.1, 0.15) is 44.2 Å². The molecular weight excluding hydrogens is 569 g/mol. The second kappa shape index (κ2) is 13.3. The molecule has 1 heterocycles. The zero-order chi connectivity index (χ0) is 30.6. The SMILES string of the molecule is COCCOc1ccc(-c2cc3ccc(S(=O)(=O)N[C@H]4CC[C@H](C(=O)N[C@H](C)c5ccc(F)cc5)CC4)cc3n2C)cc1. The van der Waals surface area contributed by atoms with E-state index in [4.69, 9.17) is 9.47 Å². The van der Waals surface area contributed by atoms with Crippen LogP contribution in [0.3, 0.4) is 0 Å². The number of nitrogens with one attached hydrogen (secondary N) is 2. The fourth-order valence-electron chi connectivity index (χ4n) is 5.65. The van der Waals surface area contributed by atoms with Crippen molar-refractivity contribution in [2.75, 3.05) is 20.3 Å². The molecule has 228 valence electrons. The molecule has 1 aromatic heterocycles. The third-order valence-electron chi connectivity index (χ3n) is 8.18. The summed E-state index contributed by atoms with van der Waals surface area (Å²) in [6.45, 7) is 2.86. The van der Waals surface area contributed by atoms with Crippen molar-refractivity contribution < 1.29 is 27.1 Å². The highest BCUT2D eigenvalue weighted by Crippen LogP contribution is 2.31. The quantitative estimate of drug-likeness (QED) is 0.213. The van der Waals surface area contributed by atoms with Crippen LogP contribution in [-0.4, -0.2) is 45.3 Å². The molecule has 1 saturated carbocycles. The van der Waals surface area contributed by atoms with E-state index in [0.29, 0.717) is 38.9 Å². The average Bonchev–Trinajstić information content (AvgIpc) is 3.33. The fraction of sp³-hybridized carbons (Fsp3) is 0.364. The first kappa shape index (κ1) is 30.7. The van der Waals surface area contributed by atoms with E-state index in [2.05, 4.69) is 10.0 Å². The smallest absolute Gasteiger partial charge is 0.240 e. The molecule has 0 saturated heterocycles. The summed E-state index contributed by atoms with van der Waals surface area (Å²) in [5.74, 6) is 0.195. The number of aromatic nitrogens is 1. The molecule has 10 heteroatoms.